The van der Waals surface area contributed by atoms with E-state index in [-0.39, 0.29) is 10.9 Å². The molecule has 2 amide bonds. The maximum absolute atomic E-state index is 12.2. The fourth-order valence-corrected chi connectivity index (χ4v) is 3.62. The van der Waals surface area contributed by atoms with Crippen LogP contribution in [0.15, 0.2) is 84.0 Å². The molecule has 3 aromatic carbocycles. The average Bonchev–Trinajstić information content (AvgIpc) is 3.33. The van der Waals surface area contributed by atoms with Gasteiger partial charge < -0.3 is 4.74 Å². The maximum Gasteiger partial charge on any atom is 0.343 e. The van der Waals surface area contributed by atoms with E-state index in [1.165, 1.54) is 6.21 Å². The van der Waals surface area contributed by atoms with Crippen LogP contribution in [-0.4, -0.2) is 34.2 Å². The van der Waals surface area contributed by atoms with Gasteiger partial charge in [0.05, 0.1) is 11.8 Å². The molecule has 0 radical (unpaired) electrons. The number of esters is 1. The Balaban J connectivity index is 1.30. The molecule has 1 heterocycles. The summed E-state index contributed by atoms with van der Waals surface area (Å²) in [4.78, 5) is 36.4. The van der Waals surface area contributed by atoms with Gasteiger partial charge in [0.25, 0.3) is 0 Å². The van der Waals surface area contributed by atoms with Crippen LogP contribution in [0.1, 0.15) is 15.9 Å². The lowest BCUT2D eigenvalue weighted by molar-refractivity contribution is -0.136. The van der Waals surface area contributed by atoms with E-state index in [1.807, 2.05) is 30.3 Å². The fourth-order valence-electron chi connectivity index (χ4n) is 2.75. The molecule has 0 aliphatic carbocycles. The van der Waals surface area contributed by atoms with E-state index in [1.54, 1.807) is 48.5 Å². The SMILES string of the molecule is O=C(NN=Cc1cccc(OC(=O)c2ccc(Cl)cc2)c1)C(=O)Nc1nnc(-c2ccccc2)s1. The van der Waals surface area contributed by atoms with Gasteiger partial charge in [-0.25, -0.2) is 10.2 Å². The summed E-state index contributed by atoms with van der Waals surface area (Å²) in [5.74, 6) is -2.19. The van der Waals surface area contributed by atoms with E-state index in [0.717, 1.165) is 16.9 Å². The standard InChI is InChI=1S/C24H16ClN5O4S/c25-18-11-9-17(10-12-18)23(33)34-19-8-4-5-15(13-19)14-26-28-21(32)20(31)27-24-30-29-22(35-24)16-6-2-1-3-7-16/h1-14H,(H,28,32)(H,27,30,31). The first kappa shape index (κ1) is 23.7. The quantitative estimate of drug-likeness (QED) is 0.133. The summed E-state index contributed by atoms with van der Waals surface area (Å²) in [5, 5.41) is 15.3. The molecule has 11 heteroatoms. The van der Waals surface area contributed by atoms with E-state index in [4.69, 9.17) is 16.3 Å². The number of nitrogens with one attached hydrogen (secondary N) is 2. The van der Waals surface area contributed by atoms with Crippen LogP contribution in [-0.2, 0) is 9.59 Å². The van der Waals surface area contributed by atoms with Gasteiger partial charge >= 0.3 is 17.8 Å². The van der Waals surface area contributed by atoms with E-state index >= 15 is 0 Å². The van der Waals surface area contributed by atoms with E-state index < -0.39 is 17.8 Å². The minimum absolute atomic E-state index is 0.184. The van der Waals surface area contributed by atoms with Crippen molar-refractivity contribution in [1.29, 1.82) is 0 Å². The van der Waals surface area contributed by atoms with Crippen LogP contribution in [0.5, 0.6) is 5.75 Å². The van der Waals surface area contributed by atoms with Crippen molar-refractivity contribution in [1.82, 2.24) is 15.6 Å². The number of hydrazone groups is 1. The summed E-state index contributed by atoms with van der Waals surface area (Å²) < 4.78 is 5.34. The molecule has 0 aliphatic rings. The molecule has 0 saturated carbocycles. The van der Waals surface area contributed by atoms with Crippen molar-refractivity contribution in [2.45, 2.75) is 0 Å². The van der Waals surface area contributed by atoms with Gasteiger partial charge in [0, 0.05) is 10.6 Å². The third-order valence-corrected chi connectivity index (χ3v) is 5.54. The third kappa shape index (κ3) is 6.56. The number of halogens is 1. The molecule has 0 aliphatic heterocycles. The first-order valence-electron chi connectivity index (χ1n) is 10.1. The van der Waals surface area contributed by atoms with Crippen LogP contribution in [0.2, 0.25) is 5.02 Å². The number of carbonyl (C=O) groups is 3. The van der Waals surface area contributed by atoms with E-state index in [0.29, 0.717) is 21.2 Å². The number of hydrogen-bond donors (Lipinski definition) is 2. The summed E-state index contributed by atoms with van der Waals surface area (Å²) in [5.41, 5.74) is 3.86. The van der Waals surface area contributed by atoms with Gasteiger partial charge in [-0.15, -0.1) is 10.2 Å². The minimum Gasteiger partial charge on any atom is -0.423 e. The molecule has 2 N–H and O–H groups in total. The summed E-state index contributed by atoms with van der Waals surface area (Å²) in [6, 6.07) is 22.1. The molecular formula is C24H16ClN5O4S. The number of rotatable bonds is 6. The second-order valence-electron chi connectivity index (χ2n) is 6.90. The molecule has 0 saturated heterocycles. The van der Waals surface area contributed by atoms with Crippen molar-refractivity contribution in [3.8, 4) is 16.3 Å². The molecule has 0 spiro atoms. The maximum atomic E-state index is 12.2. The van der Waals surface area contributed by atoms with Crippen LogP contribution in [0.3, 0.4) is 0 Å². The van der Waals surface area contributed by atoms with Crippen LogP contribution >= 0.6 is 22.9 Å². The van der Waals surface area contributed by atoms with Gasteiger partial charge in [-0.05, 0) is 42.0 Å². The first-order chi connectivity index (χ1) is 17.0. The van der Waals surface area contributed by atoms with Crippen molar-refractivity contribution in [3.63, 3.8) is 0 Å². The number of carbonyl (C=O) groups excluding carboxylic acids is 3. The number of nitrogens with zero attached hydrogens (tertiary/aromatic N) is 3. The molecular weight excluding hydrogens is 490 g/mol. The Kier molecular flexibility index (Phi) is 7.56. The van der Waals surface area contributed by atoms with Gasteiger partial charge in [0.2, 0.25) is 5.13 Å². The Morgan fingerprint density at radius 1 is 0.914 bits per heavy atom. The van der Waals surface area contributed by atoms with Crippen molar-refractivity contribution >= 4 is 52.1 Å². The number of hydrogen-bond acceptors (Lipinski definition) is 8. The Morgan fingerprint density at radius 2 is 1.69 bits per heavy atom. The predicted octanol–water partition coefficient (Wildman–Crippen LogP) is 4.17. The second-order valence-corrected chi connectivity index (χ2v) is 8.31. The summed E-state index contributed by atoms with van der Waals surface area (Å²) in [6.07, 6.45) is 1.31. The van der Waals surface area contributed by atoms with E-state index in [9.17, 15) is 14.4 Å². The van der Waals surface area contributed by atoms with Crippen molar-refractivity contribution in [3.05, 3.63) is 95.0 Å². The Bertz CT molecular complexity index is 1390. The average molecular weight is 506 g/mol. The number of anilines is 1. The van der Waals surface area contributed by atoms with Crippen molar-refractivity contribution in [2.24, 2.45) is 5.10 Å². The molecule has 0 bridgehead atoms. The van der Waals surface area contributed by atoms with Crippen LogP contribution in [0.4, 0.5) is 5.13 Å². The molecule has 0 fully saturated rings. The topological polar surface area (TPSA) is 123 Å². The lowest BCUT2D eigenvalue weighted by Crippen LogP contribution is -2.32. The smallest absolute Gasteiger partial charge is 0.343 e. The lowest BCUT2D eigenvalue weighted by Gasteiger charge is -2.05. The number of amides is 2. The zero-order chi connectivity index (χ0) is 24.6. The van der Waals surface area contributed by atoms with Gasteiger partial charge in [0.1, 0.15) is 10.8 Å². The number of benzene rings is 3. The van der Waals surface area contributed by atoms with Crippen LogP contribution in [0.25, 0.3) is 10.6 Å². The zero-order valence-electron chi connectivity index (χ0n) is 17.8. The van der Waals surface area contributed by atoms with Crippen LogP contribution < -0.4 is 15.5 Å². The molecule has 174 valence electrons. The zero-order valence-corrected chi connectivity index (χ0v) is 19.4. The molecule has 4 aromatic rings. The van der Waals surface area contributed by atoms with Gasteiger partial charge in [-0.2, -0.15) is 5.10 Å². The first-order valence-corrected chi connectivity index (χ1v) is 11.3. The second kappa shape index (κ2) is 11.1. The van der Waals surface area contributed by atoms with Crippen molar-refractivity contribution in [2.75, 3.05) is 5.32 Å². The largest absolute Gasteiger partial charge is 0.423 e. The Morgan fingerprint density at radius 3 is 2.46 bits per heavy atom. The van der Waals surface area contributed by atoms with Gasteiger partial charge in [0.15, 0.2) is 0 Å². The Hall–Kier alpha value is -4.41. The third-order valence-electron chi connectivity index (χ3n) is 4.40. The Labute approximate surface area is 208 Å². The highest BCUT2D eigenvalue weighted by Crippen LogP contribution is 2.25. The molecule has 0 atom stereocenters. The van der Waals surface area contributed by atoms with E-state index in [2.05, 4.69) is 26.0 Å². The summed E-state index contributed by atoms with van der Waals surface area (Å²) in [6.45, 7) is 0. The monoisotopic (exact) mass is 505 g/mol. The van der Waals surface area contributed by atoms with Gasteiger partial charge in [-0.1, -0.05) is 65.4 Å². The highest BCUT2D eigenvalue weighted by molar-refractivity contribution is 7.18. The lowest BCUT2D eigenvalue weighted by atomic mass is 10.2. The molecule has 1 aromatic heterocycles. The molecule has 4 rings (SSSR count). The molecule has 0 unspecified atom stereocenters. The van der Waals surface area contributed by atoms with Crippen molar-refractivity contribution < 1.29 is 19.1 Å². The van der Waals surface area contributed by atoms with Gasteiger partial charge in [-0.3, -0.25) is 14.9 Å². The highest BCUT2D eigenvalue weighted by atomic mass is 35.5. The molecule has 35 heavy (non-hydrogen) atoms. The minimum atomic E-state index is -0.983. The summed E-state index contributed by atoms with van der Waals surface area (Å²) >= 11 is 6.96. The number of aromatic nitrogens is 2. The normalized spacial score (nSPS) is 10.7. The molecule has 9 nitrogen and oxygen atoms in total. The summed E-state index contributed by atoms with van der Waals surface area (Å²) in [7, 11) is 0. The fraction of sp³-hybridized carbons (Fsp3) is 0. The predicted molar refractivity (Wildman–Crippen MR) is 133 cm³/mol. The van der Waals surface area contributed by atoms with Crippen LogP contribution in [0, 0.1) is 0 Å². The highest BCUT2D eigenvalue weighted by Gasteiger charge is 2.16. The number of ether oxygens (including phenoxy) is 1.